The Kier molecular flexibility index (Phi) is 2.58. The molecule has 0 atom stereocenters. The number of hydrogen-bond donors (Lipinski definition) is 1. The van der Waals surface area contributed by atoms with Gasteiger partial charge < -0.3 is 10.3 Å². The van der Waals surface area contributed by atoms with E-state index in [0.29, 0.717) is 34.1 Å². The number of hydrogen-bond acceptors (Lipinski definition) is 2. The molecule has 0 unspecified atom stereocenters. The zero-order valence-electron chi connectivity index (χ0n) is 10.9. The molecule has 104 valence electrons. The van der Waals surface area contributed by atoms with E-state index in [1.54, 1.807) is 12.1 Å². The van der Waals surface area contributed by atoms with E-state index in [1.165, 1.54) is 6.07 Å². The minimum absolute atomic E-state index is 0.369. The molecule has 4 rings (SSSR count). The number of aromatic nitrogens is 2. The first-order valence-electron chi connectivity index (χ1n) is 6.98. The van der Waals surface area contributed by atoms with Crippen LogP contribution >= 0.6 is 11.6 Å². The normalized spacial score (nSPS) is 18.5. The summed E-state index contributed by atoms with van der Waals surface area (Å²) in [5.74, 6) is 1.76. The first-order valence-corrected chi connectivity index (χ1v) is 7.36. The van der Waals surface area contributed by atoms with Crippen molar-refractivity contribution < 1.29 is 4.39 Å². The highest BCUT2D eigenvalue weighted by Gasteiger charge is 2.36. The second-order valence-electron chi connectivity index (χ2n) is 5.70. The maximum atomic E-state index is 14.1. The molecule has 2 N–H and O–H groups in total. The van der Waals surface area contributed by atoms with Crippen molar-refractivity contribution in [2.45, 2.75) is 37.6 Å². The van der Waals surface area contributed by atoms with E-state index in [2.05, 4.69) is 9.55 Å². The van der Waals surface area contributed by atoms with Gasteiger partial charge in [-0.2, -0.15) is 0 Å². The summed E-state index contributed by atoms with van der Waals surface area (Å²) in [6.45, 7) is 0. The standard InChI is InChI=1S/C15H15ClFN3/c16-9-3-6-11(12(17)7-9)13-14(18)20(10-4-5-10)15(19-13)8-1-2-8/h3,6-8,10H,1-2,4-5,18H2. The summed E-state index contributed by atoms with van der Waals surface area (Å²) in [5, 5.41) is 0.383. The zero-order chi connectivity index (χ0) is 13.9. The van der Waals surface area contributed by atoms with Gasteiger partial charge in [0.25, 0.3) is 0 Å². The number of benzene rings is 1. The number of anilines is 1. The molecule has 0 bridgehead atoms. The zero-order valence-corrected chi connectivity index (χ0v) is 11.7. The van der Waals surface area contributed by atoms with E-state index in [9.17, 15) is 4.39 Å². The van der Waals surface area contributed by atoms with Crippen LogP contribution in [0.1, 0.15) is 43.5 Å². The highest BCUT2D eigenvalue weighted by atomic mass is 35.5. The van der Waals surface area contributed by atoms with Crippen molar-refractivity contribution in [3.05, 3.63) is 34.9 Å². The summed E-state index contributed by atoms with van der Waals surface area (Å²) in [7, 11) is 0. The molecule has 1 heterocycles. The quantitative estimate of drug-likeness (QED) is 0.924. The van der Waals surface area contributed by atoms with Crippen molar-refractivity contribution in [1.82, 2.24) is 9.55 Å². The molecule has 5 heteroatoms. The van der Waals surface area contributed by atoms with Crippen molar-refractivity contribution in [3.63, 3.8) is 0 Å². The van der Waals surface area contributed by atoms with Gasteiger partial charge in [-0.05, 0) is 43.9 Å². The number of nitrogen functional groups attached to an aromatic ring is 1. The molecule has 2 saturated carbocycles. The third kappa shape index (κ3) is 1.90. The lowest BCUT2D eigenvalue weighted by Crippen LogP contribution is -2.04. The molecule has 1 aromatic heterocycles. The molecule has 0 saturated heterocycles. The molecule has 2 aliphatic rings. The fourth-order valence-electron chi connectivity index (χ4n) is 2.69. The van der Waals surface area contributed by atoms with E-state index in [4.69, 9.17) is 17.3 Å². The predicted octanol–water partition coefficient (Wildman–Crippen LogP) is 4.14. The summed E-state index contributed by atoms with van der Waals surface area (Å²) in [4.78, 5) is 4.65. The van der Waals surface area contributed by atoms with Gasteiger partial charge in [-0.15, -0.1) is 0 Å². The Labute approximate surface area is 121 Å². The minimum atomic E-state index is -0.369. The lowest BCUT2D eigenvalue weighted by Gasteiger charge is -2.07. The second kappa shape index (κ2) is 4.22. The van der Waals surface area contributed by atoms with E-state index >= 15 is 0 Å². The lowest BCUT2D eigenvalue weighted by molar-refractivity contribution is 0.631. The third-order valence-corrected chi connectivity index (χ3v) is 4.25. The molecule has 0 radical (unpaired) electrons. The lowest BCUT2D eigenvalue weighted by atomic mass is 10.1. The molecule has 3 nitrogen and oxygen atoms in total. The van der Waals surface area contributed by atoms with Gasteiger partial charge in [0.2, 0.25) is 0 Å². The Morgan fingerprint density at radius 1 is 1.25 bits per heavy atom. The second-order valence-corrected chi connectivity index (χ2v) is 6.14. The van der Waals surface area contributed by atoms with Crippen LogP contribution < -0.4 is 5.73 Å². The summed E-state index contributed by atoms with van der Waals surface area (Å²) in [6, 6.07) is 5.10. The van der Waals surface area contributed by atoms with Crippen molar-refractivity contribution in [1.29, 1.82) is 0 Å². The van der Waals surface area contributed by atoms with Crippen LogP contribution in [0.3, 0.4) is 0 Å². The van der Waals surface area contributed by atoms with Gasteiger partial charge in [0.1, 0.15) is 23.2 Å². The molecule has 2 aromatic rings. The average Bonchev–Trinajstić information content (AvgIpc) is 3.29. The van der Waals surface area contributed by atoms with Crippen LogP contribution in [-0.2, 0) is 0 Å². The number of nitrogens with zero attached hydrogens (tertiary/aromatic N) is 2. The van der Waals surface area contributed by atoms with Crippen LogP contribution in [0, 0.1) is 5.82 Å². The highest BCUT2D eigenvalue weighted by molar-refractivity contribution is 6.30. The maximum Gasteiger partial charge on any atom is 0.134 e. The number of halogens is 2. The molecule has 20 heavy (non-hydrogen) atoms. The van der Waals surface area contributed by atoms with Gasteiger partial charge in [-0.25, -0.2) is 9.37 Å². The molecule has 0 amide bonds. The van der Waals surface area contributed by atoms with Crippen LogP contribution in [0.2, 0.25) is 5.02 Å². The first kappa shape index (κ1) is 12.2. The monoisotopic (exact) mass is 291 g/mol. The fraction of sp³-hybridized carbons (Fsp3) is 0.400. The Morgan fingerprint density at radius 3 is 2.60 bits per heavy atom. The molecular formula is C15H15ClFN3. The Morgan fingerprint density at radius 2 is 2.00 bits per heavy atom. The van der Waals surface area contributed by atoms with Gasteiger partial charge in [-0.3, -0.25) is 0 Å². The van der Waals surface area contributed by atoms with Crippen molar-refractivity contribution in [2.75, 3.05) is 5.73 Å². The van der Waals surface area contributed by atoms with E-state index in [0.717, 1.165) is 31.5 Å². The van der Waals surface area contributed by atoms with E-state index in [-0.39, 0.29) is 5.82 Å². The number of rotatable bonds is 3. The smallest absolute Gasteiger partial charge is 0.134 e. The molecule has 1 aromatic carbocycles. The summed E-state index contributed by atoms with van der Waals surface area (Å²) in [6.07, 6.45) is 4.60. The molecule has 0 spiro atoms. The third-order valence-electron chi connectivity index (χ3n) is 4.02. The van der Waals surface area contributed by atoms with E-state index in [1.807, 2.05) is 0 Å². The number of nitrogens with two attached hydrogens (primary N) is 1. The molecular weight excluding hydrogens is 277 g/mol. The van der Waals surface area contributed by atoms with Crippen LogP contribution in [-0.4, -0.2) is 9.55 Å². The summed E-state index contributed by atoms with van der Waals surface area (Å²) >= 11 is 5.80. The van der Waals surface area contributed by atoms with E-state index < -0.39 is 0 Å². The Balaban J connectivity index is 1.87. The Hall–Kier alpha value is -1.55. The van der Waals surface area contributed by atoms with Gasteiger partial charge in [-0.1, -0.05) is 11.6 Å². The maximum absolute atomic E-state index is 14.1. The molecule has 2 fully saturated rings. The predicted molar refractivity (Wildman–Crippen MR) is 77.3 cm³/mol. The van der Waals surface area contributed by atoms with Gasteiger partial charge in [0.15, 0.2) is 0 Å². The largest absolute Gasteiger partial charge is 0.383 e. The summed E-state index contributed by atoms with van der Waals surface area (Å²) in [5.41, 5.74) is 7.25. The molecule has 0 aliphatic heterocycles. The first-order chi connectivity index (χ1) is 9.65. The van der Waals surface area contributed by atoms with Gasteiger partial charge >= 0.3 is 0 Å². The highest BCUT2D eigenvalue weighted by Crippen LogP contribution is 2.48. The fourth-order valence-corrected chi connectivity index (χ4v) is 2.85. The Bertz CT molecular complexity index is 687. The SMILES string of the molecule is Nc1c(-c2ccc(Cl)cc2F)nc(C2CC2)n1C1CC1. The van der Waals surface area contributed by atoms with Crippen LogP contribution in [0.25, 0.3) is 11.3 Å². The topological polar surface area (TPSA) is 43.8 Å². The summed E-state index contributed by atoms with van der Waals surface area (Å²) < 4.78 is 16.2. The van der Waals surface area contributed by atoms with Crippen LogP contribution in [0.5, 0.6) is 0 Å². The minimum Gasteiger partial charge on any atom is -0.383 e. The van der Waals surface area contributed by atoms with Gasteiger partial charge in [0, 0.05) is 22.5 Å². The van der Waals surface area contributed by atoms with Crippen LogP contribution in [0.4, 0.5) is 10.2 Å². The number of imidazole rings is 1. The van der Waals surface area contributed by atoms with Crippen molar-refractivity contribution in [2.24, 2.45) is 0 Å². The van der Waals surface area contributed by atoms with Crippen molar-refractivity contribution in [3.8, 4) is 11.3 Å². The van der Waals surface area contributed by atoms with Crippen molar-refractivity contribution >= 4 is 17.4 Å². The average molecular weight is 292 g/mol. The van der Waals surface area contributed by atoms with Gasteiger partial charge in [0.05, 0.1) is 0 Å². The molecule has 2 aliphatic carbocycles. The van der Waals surface area contributed by atoms with Crippen LogP contribution in [0.15, 0.2) is 18.2 Å².